The minimum absolute atomic E-state index is 0.0930. The van der Waals surface area contributed by atoms with Crippen LogP contribution in [0, 0.1) is 0 Å². The second-order valence-electron chi connectivity index (χ2n) is 8.41. The van der Waals surface area contributed by atoms with E-state index in [1.165, 1.54) is 5.56 Å². The van der Waals surface area contributed by atoms with Crippen LogP contribution in [0.25, 0.3) is 0 Å². The molecule has 0 unspecified atom stereocenters. The molecule has 1 aromatic heterocycles. The van der Waals surface area contributed by atoms with Crippen LogP contribution in [-0.4, -0.2) is 23.0 Å². The van der Waals surface area contributed by atoms with Crippen LogP contribution in [0.4, 0.5) is 5.69 Å². The number of carbonyl (C=O) groups excluding carboxylic acids is 1. The zero-order valence-corrected chi connectivity index (χ0v) is 16.2. The van der Waals surface area contributed by atoms with Crippen LogP contribution in [0.1, 0.15) is 51.7 Å². The van der Waals surface area contributed by atoms with Gasteiger partial charge >= 0.3 is 0 Å². The Hall–Kier alpha value is -2.20. The first-order chi connectivity index (χ1) is 12.3. The van der Waals surface area contributed by atoms with Crippen molar-refractivity contribution in [2.75, 3.05) is 11.4 Å². The zero-order valence-electron chi connectivity index (χ0n) is 16.2. The number of carbonyl (C=O) groups is 1. The highest BCUT2D eigenvalue weighted by molar-refractivity contribution is 6.00. The van der Waals surface area contributed by atoms with E-state index in [-0.39, 0.29) is 11.3 Å². The number of nitrogens with zero attached hydrogens (tertiary/aromatic N) is 2. The summed E-state index contributed by atoms with van der Waals surface area (Å²) in [5.41, 5.74) is 2.82. The van der Waals surface area contributed by atoms with Gasteiger partial charge in [-0.05, 0) is 61.1 Å². The molecule has 4 heteroatoms. The maximum absolute atomic E-state index is 13.4. The lowest BCUT2D eigenvalue weighted by atomic mass is 9.87. The second-order valence-corrected chi connectivity index (χ2v) is 8.41. The topological polar surface area (TPSA) is 45.2 Å². The number of hydrogen-bond acceptors (Lipinski definition) is 3. The fourth-order valence-electron chi connectivity index (χ4n) is 3.47. The molecular formula is C22H29N3O. The van der Waals surface area contributed by atoms with Crippen LogP contribution >= 0.6 is 0 Å². The summed E-state index contributed by atoms with van der Waals surface area (Å²) in [6.07, 6.45) is 5.49. The molecule has 0 spiro atoms. The third kappa shape index (κ3) is 3.96. The smallest absolute Gasteiger partial charge is 0.247 e. The number of rotatable bonds is 4. The standard InChI is InChI=1S/C22H29N3O/c1-21(2,3)18-8-10-19(11-9-18)25(16-17-7-5-13-23-15-17)20(26)22(4)12-6-14-24-22/h5,7-11,13,15,24H,6,12,14,16H2,1-4H3/t22-/m1/s1. The van der Waals surface area contributed by atoms with E-state index in [1.807, 2.05) is 30.2 Å². The van der Waals surface area contributed by atoms with Crippen molar-refractivity contribution in [2.45, 2.75) is 58.0 Å². The van der Waals surface area contributed by atoms with E-state index >= 15 is 0 Å². The Morgan fingerprint density at radius 3 is 2.50 bits per heavy atom. The van der Waals surface area contributed by atoms with Gasteiger partial charge in [-0.15, -0.1) is 0 Å². The first-order valence-electron chi connectivity index (χ1n) is 9.36. The molecule has 2 aromatic rings. The molecule has 0 radical (unpaired) electrons. The Morgan fingerprint density at radius 1 is 1.23 bits per heavy atom. The fraction of sp³-hybridized carbons (Fsp3) is 0.455. The molecule has 1 atom stereocenters. The van der Waals surface area contributed by atoms with Crippen LogP contribution < -0.4 is 10.2 Å². The number of hydrogen-bond donors (Lipinski definition) is 1. The van der Waals surface area contributed by atoms with E-state index in [0.717, 1.165) is 30.6 Å². The summed E-state index contributed by atoms with van der Waals surface area (Å²) >= 11 is 0. The van der Waals surface area contributed by atoms with E-state index in [0.29, 0.717) is 6.54 Å². The largest absolute Gasteiger partial charge is 0.306 e. The van der Waals surface area contributed by atoms with Crippen molar-refractivity contribution in [3.05, 3.63) is 59.9 Å². The highest BCUT2D eigenvalue weighted by atomic mass is 16.2. The van der Waals surface area contributed by atoms with Crippen molar-refractivity contribution < 1.29 is 4.79 Å². The Balaban J connectivity index is 1.93. The van der Waals surface area contributed by atoms with Gasteiger partial charge in [0.25, 0.3) is 0 Å². The molecule has 1 aromatic carbocycles. The summed E-state index contributed by atoms with van der Waals surface area (Å²) in [6, 6.07) is 12.3. The molecule has 0 aliphatic carbocycles. The van der Waals surface area contributed by atoms with Gasteiger partial charge in [-0.2, -0.15) is 0 Å². The van der Waals surface area contributed by atoms with E-state index < -0.39 is 5.54 Å². The number of nitrogens with one attached hydrogen (secondary N) is 1. The monoisotopic (exact) mass is 351 g/mol. The summed E-state index contributed by atoms with van der Waals surface area (Å²) in [6.45, 7) is 10.0. The fourth-order valence-corrected chi connectivity index (χ4v) is 3.47. The highest BCUT2D eigenvalue weighted by Gasteiger charge is 2.39. The van der Waals surface area contributed by atoms with Gasteiger partial charge in [0.1, 0.15) is 0 Å². The second kappa shape index (κ2) is 7.20. The number of pyridine rings is 1. The number of aromatic nitrogens is 1. The minimum atomic E-state index is -0.495. The summed E-state index contributed by atoms with van der Waals surface area (Å²) in [4.78, 5) is 19.5. The molecular weight excluding hydrogens is 322 g/mol. The molecule has 3 rings (SSSR count). The van der Waals surface area contributed by atoms with Gasteiger partial charge in [-0.1, -0.05) is 39.0 Å². The van der Waals surface area contributed by atoms with Crippen LogP contribution in [0.15, 0.2) is 48.8 Å². The first kappa shape index (κ1) is 18.6. The number of benzene rings is 1. The Kier molecular flexibility index (Phi) is 5.15. The van der Waals surface area contributed by atoms with Crippen molar-refractivity contribution in [3.63, 3.8) is 0 Å². The van der Waals surface area contributed by atoms with E-state index in [4.69, 9.17) is 0 Å². The molecule has 1 aliphatic heterocycles. The third-order valence-electron chi connectivity index (χ3n) is 5.19. The first-order valence-corrected chi connectivity index (χ1v) is 9.36. The molecule has 2 heterocycles. The average Bonchev–Trinajstić information content (AvgIpc) is 3.07. The Morgan fingerprint density at radius 2 is 1.96 bits per heavy atom. The summed E-state index contributed by atoms with van der Waals surface area (Å²) in [7, 11) is 0. The Labute approximate surface area is 156 Å². The normalized spacial score (nSPS) is 20.2. The van der Waals surface area contributed by atoms with E-state index in [1.54, 1.807) is 6.20 Å². The van der Waals surface area contributed by atoms with Gasteiger partial charge in [0.2, 0.25) is 5.91 Å². The van der Waals surface area contributed by atoms with Gasteiger partial charge < -0.3 is 10.2 Å². The van der Waals surface area contributed by atoms with Gasteiger partial charge in [0.05, 0.1) is 12.1 Å². The molecule has 0 saturated carbocycles. The molecule has 1 fully saturated rings. The predicted molar refractivity (Wildman–Crippen MR) is 106 cm³/mol. The van der Waals surface area contributed by atoms with Crippen LogP contribution in [0.3, 0.4) is 0 Å². The zero-order chi connectivity index (χ0) is 18.8. The van der Waals surface area contributed by atoms with Gasteiger partial charge in [-0.25, -0.2) is 0 Å². The van der Waals surface area contributed by atoms with Crippen molar-refractivity contribution >= 4 is 11.6 Å². The van der Waals surface area contributed by atoms with Crippen molar-refractivity contribution in [2.24, 2.45) is 0 Å². The van der Waals surface area contributed by atoms with Crippen molar-refractivity contribution in [1.82, 2.24) is 10.3 Å². The summed E-state index contributed by atoms with van der Waals surface area (Å²) in [5, 5.41) is 3.40. The predicted octanol–water partition coefficient (Wildman–Crippen LogP) is 4.05. The van der Waals surface area contributed by atoms with Gasteiger partial charge in [-0.3, -0.25) is 9.78 Å². The van der Waals surface area contributed by atoms with E-state index in [9.17, 15) is 4.79 Å². The van der Waals surface area contributed by atoms with Crippen molar-refractivity contribution in [3.8, 4) is 0 Å². The molecule has 1 N–H and O–H groups in total. The lowest BCUT2D eigenvalue weighted by Crippen LogP contribution is -2.52. The molecule has 26 heavy (non-hydrogen) atoms. The maximum Gasteiger partial charge on any atom is 0.247 e. The third-order valence-corrected chi connectivity index (χ3v) is 5.19. The average molecular weight is 351 g/mol. The quantitative estimate of drug-likeness (QED) is 0.904. The van der Waals surface area contributed by atoms with Crippen molar-refractivity contribution in [1.29, 1.82) is 0 Å². The molecule has 1 aliphatic rings. The van der Waals surface area contributed by atoms with Gasteiger partial charge in [0.15, 0.2) is 0 Å². The van der Waals surface area contributed by atoms with Crippen LogP contribution in [0.2, 0.25) is 0 Å². The SMILES string of the molecule is CC(C)(C)c1ccc(N(Cc2cccnc2)C(=O)[C@@]2(C)CCCN2)cc1. The maximum atomic E-state index is 13.4. The highest BCUT2D eigenvalue weighted by Crippen LogP contribution is 2.29. The summed E-state index contributed by atoms with van der Waals surface area (Å²) in [5.74, 6) is 0.127. The van der Waals surface area contributed by atoms with Crippen LogP contribution in [0.5, 0.6) is 0 Å². The number of amides is 1. The minimum Gasteiger partial charge on any atom is -0.306 e. The molecule has 4 nitrogen and oxygen atoms in total. The van der Waals surface area contributed by atoms with Gasteiger partial charge in [0, 0.05) is 18.1 Å². The number of anilines is 1. The molecule has 1 amide bonds. The van der Waals surface area contributed by atoms with E-state index in [2.05, 4.69) is 55.3 Å². The molecule has 138 valence electrons. The molecule has 1 saturated heterocycles. The molecule has 0 bridgehead atoms. The summed E-state index contributed by atoms with van der Waals surface area (Å²) < 4.78 is 0. The lowest BCUT2D eigenvalue weighted by molar-refractivity contribution is -0.124. The lowest BCUT2D eigenvalue weighted by Gasteiger charge is -2.32. The van der Waals surface area contributed by atoms with Crippen LogP contribution in [-0.2, 0) is 16.8 Å². The Bertz CT molecular complexity index is 741.